The Morgan fingerprint density at radius 2 is 2.50 bits per heavy atom. The molecule has 2 aromatic rings. The normalized spacial score (nSPS) is 18.6. The maximum absolute atomic E-state index is 12.3. The van der Waals surface area contributed by atoms with Crippen molar-refractivity contribution in [2.24, 2.45) is 0 Å². The fraction of sp³-hybridized carbons (Fsp3) is 0.571. The molecule has 118 valence electrons. The van der Waals surface area contributed by atoms with Gasteiger partial charge < -0.3 is 14.2 Å². The molecule has 1 amide bonds. The summed E-state index contributed by atoms with van der Waals surface area (Å²) in [5, 5.41) is 5.62. The Hall–Kier alpha value is -1.80. The van der Waals surface area contributed by atoms with Crippen LogP contribution in [0.5, 0.6) is 0 Å². The first-order valence-corrected chi connectivity index (χ1v) is 8.25. The van der Waals surface area contributed by atoms with Crippen LogP contribution in [-0.4, -0.2) is 51.7 Å². The molecule has 0 aliphatic carbocycles. The highest BCUT2D eigenvalue weighted by molar-refractivity contribution is 7.07. The molecular formula is C14H18N4O3S. The third-order valence-corrected chi connectivity index (χ3v) is 4.15. The van der Waals surface area contributed by atoms with Gasteiger partial charge in [0.25, 0.3) is 5.91 Å². The Morgan fingerprint density at radius 1 is 1.59 bits per heavy atom. The van der Waals surface area contributed by atoms with Crippen molar-refractivity contribution in [2.75, 3.05) is 19.7 Å². The summed E-state index contributed by atoms with van der Waals surface area (Å²) in [6, 6.07) is 0. The minimum absolute atomic E-state index is 0.0108. The molecule has 0 N–H and O–H groups in total. The number of nitrogens with zero attached hydrogens (tertiary/aromatic N) is 4. The smallest absolute Gasteiger partial charge is 0.273 e. The first-order chi connectivity index (χ1) is 10.7. The summed E-state index contributed by atoms with van der Waals surface area (Å²) in [5.74, 6) is 1.21. The highest BCUT2D eigenvalue weighted by atomic mass is 32.1. The van der Waals surface area contributed by atoms with E-state index in [0.717, 1.165) is 19.4 Å². The molecule has 7 nitrogen and oxygen atoms in total. The van der Waals surface area contributed by atoms with Gasteiger partial charge in [0.15, 0.2) is 5.82 Å². The zero-order valence-corrected chi connectivity index (χ0v) is 13.2. The van der Waals surface area contributed by atoms with Crippen LogP contribution in [0.15, 0.2) is 15.4 Å². The van der Waals surface area contributed by atoms with Gasteiger partial charge in [0.05, 0.1) is 18.2 Å². The number of aromatic nitrogens is 3. The lowest BCUT2D eigenvalue weighted by Gasteiger charge is -2.32. The second-order valence-corrected chi connectivity index (χ2v) is 5.96. The van der Waals surface area contributed by atoms with Crippen molar-refractivity contribution in [3.63, 3.8) is 0 Å². The summed E-state index contributed by atoms with van der Waals surface area (Å²) in [6.07, 6.45) is 2.59. The van der Waals surface area contributed by atoms with Crippen LogP contribution in [0.3, 0.4) is 0 Å². The van der Waals surface area contributed by atoms with Crippen molar-refractivity contribution in [3.05, 3.63) is 28.3 Å². The molecule has 0 bridgehead atoms. The molecule has 2 aromatic heterocycles. The molecule has 0 spiro atoms. The van der Waals surface area contributed by atoms with Gasteiger partial charge in [-0.1, -0.05) is 5.16 Å². The second-order valence-electron chi connectivity index (χ2n) is 5.24. The second kappa shape index (κ2) is 6.97. The molecule has 0 radical (unpaired) electrons. The van der Waals surface area contributed by atoms with E-state index in [2.05, 4.69) is 15.1 Å². The first-order valence-electron chi connectivity index (χ1n) is 7.30. The summed E-state index contributed by atoms with van der Waals surface area (Å²) < 4.78 is 10.8. The van der Waals surface area contributed by atoms with E-state index >= 15 is 0 Å². The molecule has 1 aliphatic heterocycles. The molecule has 1 unspecified atom stereocenters. The largest absolute Gasteiger partial charge is 0.376 e. The van der Waals surface area contributed by atoms with E-state index in [0.29, 0.717) is 37.0 Å². The number of carbonyl (C=O) groups excluding carboxylic acids is 1. The molecule has 8 heteroatoms. The third-order valence-electron chi connectivity index (χ3n) is 3.57. The van der Waals surface area contributed by atoms with E-state index in [1.54, 1.807) is 17.8 Å². The molecule has 1 saturated heterocycles. The van der Waals surface area contributed by atoms with Crippen molar-refractivity contribution in [1.82, 2.24) is 20.0 Å². The van der Waals surface area contributed by atoms with Crippen LogP contribution < -0.4 is 0 Å². The monoisotopic (exact) mass is 322 g/mol. The lowest BCUT2D eigenvalue weighted by Crippen LogP contribution is -2.43. The first kappa shape index (κ1) is 15.1. The molecule has 0 saturated carbocycles. The van der Waals surface area contributed by atoms with Gasteiger partial charge in [-0.2, -0.15) is 4.98 Å². The SMILES string of the molecule is Cc1nc(CCOC2CCCN(C(=O)c3cscn3)C2)no1. The maximum atomic E-state index is 12.3. The number of carbonyl (C=O) groups is 1. The van der Waals surface area contributed by atoms with Crippen molar-refractivity contribution < 1.29 is 14.1 Å². The van der Waals surface area contributed by atoms with Crippen LogP contribution in [0.4, 0.5) is 0 Å². The summed E-state index contributed by atoms with van der Waals surface area (Å²) in [4.78, 5) is 22.3. The van der Waals surface area contributed by atoms with Gasteiger partial charge in [0, 0.05) is 31.8 Å². The van der Waals surface area contributed by atoms with Gasteiger partial charge in [-0.05, 0) is 12.8 Å². The zero-order valence-electron chi connectivity index (χ0n) is 12.4. The average Bonchev–Trinajstić information content (AvgIpc) is 3.19. The van der Waals surface area contributed by atoms with Crippen molar-refractivity contribution in [3.8, 4) is 0 Å². The van der Waals surface area contributed by atoms with Crippen LogP contribution in [0.1, 0.15) is 35.0 Å². The number of hydrogen-bond acceptors (Lipinski definition) is 7. The number of piperidine rings is 1. The highest BCUT2D eigenvalue weighted by Crippen LogP contribution is 2.16. The van der Waals surface area contributed by atoms with Crippen LogP contribution in [0.25, 0.3) is 0 Å². The van der Waals surface area contributed by atoms with E-state index in [1.807, 2.05) is 4.90 Å². The molecule has 22 heavy (non-hydrogen) atoms. The number of rotatable bonds is 5. The Morgan fingerprint density at radius 3 is 3.23 bits per heavy atom. The van der Waals surface area contributed by atoms with E-state index in [1.165, 1.54) is 11.3 Å². The zero-order chi connectivity index (χ0) is 15.4. The lowest BCUT2D eigenvalue weighted by atomic mass is 10.1. The summed E-state index contributed by atoms with van der Waals surface area (Å²) in [6.45, 7) is 3.67. The predicted octanol–water partition coefficient (Wildman–Crippen LogP) is 1.70. The Kier molecular flexibility index (Phi) is 4.79. The topological polar surface area (TPSA) is 81.4 Å². The van der Waals surface area contributed by atoms with Crippen LogP contribution in [0.2, 0.25) is 0 Å². The van der Waals surface area contributed by atoms with Crippen molar-refractivity contribution in [2.45, 2.75) is 32.3 Å². The Balaban J connectivity index is 1.47. The molecule has 3 heterocycles. The van der Waals surface area contributed by atoms with Crippen LogP contribution in [0, 0.1) is 6.92 Å². The Bertz CT molecular complexity index is 613. The number of amides is 1. The lowest BCUT2D eigenvalue weighted by molar-refractivity contribution is 0.00235. The van der Waals surface area contributed by atoms with E-state index in [-0.39, 0.29) is 12.0 Å². The molecule has 3 rings (SSSR count). The van der Waals surface area contributed by atoms with Crippen LogP contribution in [-0.2, 0) is 11.2 Å². The highest BCUT2D eigenvalue weighted by Gasteiger charge is 2.25. The number of likely N-dealkylation sites (tertiary alicyclic amines) is 1. The number of thiazole rings is 1. The number of ether oxygens (including phenoxy) is 1. The van der Waals surface area contributed by atoms with Gasteiger partial charge >= 0.3 is 0 Å². The number of aryl methyl sites for hydroxylation is 1. The van der Waals surface area contributed by atoms with Crippen molar-refractivity contribution in [1.29, 1.82) is 0 Å². The quantitative estimate of drug-likeness (QED) is 0.833. The maximum Gasteiger partial charge on any atom is 0.273 e. The van der Waals surface area contributed by atoms with Crippen molar-refractivity contribution >= 4 is 17.2 Å². The molecular weight excluding hydrogens is 304 g/mol. The minimum atomic E-state index is -0.0108. The van der Waals surface area contributed by atoms with Crippen LogP contribution >= 0.6 is 11.3 Å². The standard InChI is InChI=1S/C14H18N4O3S/c1-10-16-13(17-21-10)4-6-20-11-3-2-5-18(7-11)14(19)12-8-22-9-15-12/h8-9,11H,2-7H2,1H3. The number of hydrogen-bond donors (Lipinski definition) is 0. The summed E-state index contributed by atoms with van der Waals surface area (Å²) in [5.41, 5.74) is 2.20. The molecule has 0 aromatic carbocycles. The van der Waals surface area contributed by atoms with Gasteiger partial charge in [0.2, 0.25) is 5.89 Å². The Labute approximate surface area is 132 Å². The average molecular weight is 322 g/mol. The molecule has 1 atom stereocenters. The molecule has 1 fully saturated rings. The third kappa shape index (κ3) is 3.69. The molecule has 1 aliphatic rings. The fourth-order valence-corrected chi connectivity index (χ4v) is 3.02. The van der Waals surface area contributed by atoms with Gasteiger partial charge in [-0.25, -0.2) is 4.98 Å². The van der Waals surface area contributed by atoms with E-state index in [9.17, 15) is 4.79 Å². The van der Waals surface area contributed by atoms with E-state index < -0.39 is 0 Å². The minimum Gasteiger partial charge on any atom is -0.376 e. The van der Waals surface area contributed by atoms with Gasteiger partial charge in [-0.3, -0.25) is 4.79 Å². The summed E-state index contributed by atoms with van der Waals surface area (Å²) >= 11 is 1.43. The van der Waals surface area contributed by atoms with E-state index in [4.69, 9.17) is 9.26 Å². The predicted molar refractivity (Wildman–Crippen MR) is 79.7 cm³/mol. The van der Waals surface area contributed by atoms with Gasteiger partial charge in [-0.15, -0.1) is 11.3 Å². The fourth-order valence-electron chi connectivity index (χ4n) is 2.50. The summed E-state index contributed by atoms with van der Waals surface area (Å²) in [7, 11) is 0. The van der Waals surface area contributed by atoms with Gasteiger partial charge in [0.1, 0.15) is 5.69 Å².